The normalized spacial score (nSPS) is 19.1. The maximum Gasteiger partial charge on any atom is 0.262 e. The van der Waals surface area contributed by atoms with Crippen LogP contribution < -0.4 is 0 Å². The molecule has 4 nitrogen and oxygen atoms in total. The quantitative estimate of drug-likeness (QED) is 0.657. The smallest absolute Gasteiger partial charge is 0.262 e. The molecule has 2 aliphatic heterocycles. The van der Waals surface area contributed by atoms with E-state index in [-0.39, 0.29) is 17.9 Å². The minimum absolute atomic E-state index is 0.0539. The highest BCUT2D eigenvalue weighted by Gasteiger charge is 2.40. The van der Waals surface area contributed by atoms with E-state index in [1.54, 1.807) is 0 Å². The van der Waals surface area contributed by atoms with Gasteiger partial charge in [-0.2, -0.15) is 0 Å². The van der Waals surface area contributed by atoms with E-state index in [0.717, 1.165) is 34.7 Å². The van der Waals surface area contributed by atoms with Crippen LogP contribution in [0.3, 0.4) is 0 Å². The average molecular weight is 357 g/mol. The molecule has 0 saturated carbocycles. The van der Waals surface area contributed by atoms with E-state index in [1.807, 2.05) is 60.7 Å². The molecular weight excluding hydrogens is 338 g/mol. The van der Waals surface area contributed by atoms with Gasteiger partial charge >= 0.3 is 0 Å². The van der Waals surface area contributed by atoms with Gasteiger partial charge in [0.2, 0.25) is 0 Å². The van der Waals surface area contributed by atoms with Gasteiger partial charge in [-0.05, 0) is 35.2 Å². The van der Waals surface area contributed by atoms with E-state index in [9.17, 15) is 9.59 Å². The van der Waals surface area contributed by atoms with Crippen LogP contribution in [0.4, 0.5) is 0 Å². The molecular formula is C23H19NO3. The summed E-state index contributed by atoms with van der Waals surface area (Å²) in [6, 6.07) is 19.6. The van der Waals surface area contributed by atoms with E-state index >= 15 is 0 Å². The standard InChI is InChI=1S/C23H19NO3/c25-22-19-13-16-9-4-5-11-18(16)20(15-7-2-1-3-8-15)21(19)23(26)24(22)14-17-10-6-12-27-17/h1-5,7-9,11,13,17H,6,10,12,14H2/t17-/m1/s1. The zero-order valence-corrected chi connectivity index (χ0v) is 14.9. The Labute approximate surface area is 157 Å². The molecule has 2 amide bonds. The molecule has 0 N–H and O–H groups in total. The Hall–Kier alpha value is -2.98. The molecule has 3 aromatic carbocycles. The number of amides is 2. The number of nitrogens with zero attached hydrogens (tertiary/aromatic N) is 1. The van der Waals surface area contributed by atoms with Crippen LogP contribution in [0.25, 0.3) is 21.9 Å². The second-order valence-electron chi connectivity index (χ2n) is 7.12. The lowest BCUT2D eigenvalue weighted by atomic mass is 9.90. The molecule has 1 fully saturated rings. The van der Waals surface area contributed by atoms with Crippen molar-refractivity contribution in [2.24, 2.45) is 0 Å². The Morgan fingerprint density at radius 2 is 1.70 bits per heavy atom. The summed E-state index contributed by atoms with van der Waals surface area (Å²) < 4.78 is 5.66. The van der Waals surface area contributed by atoms with Gasteiger partial charge in [-0.25, -0.2) is 0 Å². The SMILES string of the molecule is O=C1c2cc3ccccc3c(-c3ccccc3)c2C(=O)N1C[C@H]1CCCO1. The largest absolute Gasteiger partial charge is 0.376 e. The number of benzene rings is 3. The maximum absolute atomic E-state index is 13.3. The lowest BCUT2D eigenvalue weighted by molar-refractivity contribution is 0.0476. The van der Waals surface area contributed by atoms with Crippen LogP contribution in [0.5, 0.6) is 0 Å². The summed E-state index contributed by atoms with van der Waals surface area (Å²) >= 11 is 0. The highest BCUT2D eigenvalue weighted by Crippen LogP contribution is 2.39. The number of carbonyl (C=O) groups excluding carboxylic acids is 2. The number of carbonyl (C=O) groups is 2. The number of ether oxygens (including phenoxy) is 1. The van der Waals surface area contributed by atoms with Crippen molar-refractivity contribution in [3.63, 3.8) is 0 Å². The Morgan fingerprint density at radius 1 is 0.926 bits per heavy atom. The molecule has 0 unspecified atom stereocenters. The van der Waals surface area contributed by atoms with Gasteiger partial charge < -0.3 is 4.74 Å². The van der Waals surface area contributed by atoms with E-state index < -0.39 is 0 Å². The number of hydrogen-bond acceptors (Lipinski definition) is 3. The summed E-state index contributed by atoms with van der Waals surface area (Å²) in [6.45, 7) is 1.03. The van der Waals surface area contributed by atoms with Crippen molar-refractivity contribution in [2.45, 2.75) is 18.9 Å². The molecule has 1 atom stereocenters. The molecule has 0 bridgehead atoms. The zero-order chi connectivity index (χ0) is 18.4. The molecule has 134 valence electrons. The summed E-state index contributed by atoms with van der Waals surface area (Å²) in [5, 5.41) is 1.96. The minimum atomic E-state index is -0.214. The molecule has 1 saturated heterocycles. The highest BCUT2D eigenvalue weighted by molar-refractivity contribution is 6.27. The molecule has 0 radical (unpaired) electrons. The van der Waals surface area contributed by atoms with Crippen molar-refractivity contribution in [1.82, 2.24) is 4.90 Å². The highest BCUT2D eigenvalue weighted by atomic mass is 16.5. The lowest BCUT2D eigenvalue weighted by Crippen LogP contribution is -2.36. The fraction of sp³-hybridized carbons (Fsp3) is 0.217. The van der Waals surface area contributed by atoms with Gasteiger partial charge in [-0.15, -0.1) is 0 Å². The first kappa shape index (κ1) is 16.2. The van der Waals surface area contributed by atoms with Gasteiger partial charge in [0, 0.05) is 12.2 Å². The van der Waals surface area contributed by atoms with Crippen LogP contribution in [-0.4, -0.2) is 36.0 Å². The van der Waals surface area contributed by atoms with Gasteiger partial charge in [0.1, 0.15) is 0 Å². The molecule has 4 heteroatoms. The van der Waals surface area contributed by atoms with E-state index in [4.69, 9.17) is 4.74 Å². The first-order valence-electron chi connectivity index (χ1n) is 9.33. The predicted octanol–water partition coefficient (Wildman–Crippen LogP) is 4.28. The van der Waals surface area contributed by atoms with Gasteiger partial charge in [0.05, 0.1) is 23.8 Å². The monoisotopic (exact) mass is 357 g/mol. The Morgan fingerprint density at radius 3 is 2.48 bits per heavy atom. The number of hydrogen-bond donors (Lipinski definition) is 0. The van der Waals surface area contributed by atoms with E-state index in [2.05, 4.69) is 0 Å². The first-order valence-corrected chi connectivity index (χ1v) is 9.33. The van der Waals surface area contributed by atoms with Crippen molar-refractivity contribution in [1.29, 1.82) is 0 Å². The summed E-state index contributed by atoms with van der Waals surface area (Å²) in [5.74, 6) is -0.427. The third-order valence-corrected chi connectivity index (χ3v) is 5.46. The van der Waals surface area contributed by atoms with E-state index in [1.165, 1.54) is 4.90 Å². The van der Waals surface area contributed by atoms with Crippen molar-refractivity contribution in [3.05, 3.63) is 71.8 Å². The van der Waals surface area contributed by atoms with Crippen LogP contribution in [0, 0.1) is 0 Å². The van der Waals surface area contributed by atoms with Crippen LogP contribution >= 0.6 is 0 Å². The van der Waals surface area contributed by atoms with E-state index in [0.29, 0.717) is 24.3 Å². The number of fused-ring (bicyclic) bond motifs is 2. The third kappa shape index (κ3) is 2.56. The molecule has 5 rings (SSSR count). The lowest BCUT2D eigenvalue weighted by Gasteiger charge is -2.18. The molecule has 0 aromatic heterocycles. The van der Waals surface area contributed by atoms with Crippen molar-refractivity contribution < 1.29 is 14.3 Å². The van der Waals surface area contributed by atoms with Crippen molar-refractivity contribution in [3.8, 4) is 11.1 Å². The number of imide groups is 1. The average Bonchev–Trinajstić information content (AvgIpc) is 3.30. The van der Waals surface area contributed by atoms with Gasteiger partial charge in [-0.1, -0.05) is 54.6 Å². The number of rotatable bonds is 3. The third-order valence-electron chi connectivity index (χ3n) is 5.46. The zero-order valence-electron chi connectivity index (χ0n) is 14.9. The maximum atomic E-state index is 13.3. The Balaban J connectivity index is 1.71. The summed E-state index contributed by atoms with van der Waals surface area (Å²) in [6.07, 6.45) is 1.82. The fourth-order valence-corrected chi connectivity index (χ4v) is 4.17. The Bertz CT molecular complexity index is 1050. The summed E-state index contributed by atoms with van der Waals surface area (Å²) in [4.78, 5) is 27.7. The molecule has 0 aliphatic carbocycles. The molecule has 27 heavy (non-hydrogen) atoms. The predicted molar refractivity (Wildman–Crippen MR) is 104 cm³/mol. The summed E-state index contributed by atoms with van der Waals surface area (Å²) in [5.41, 5.74) is 2.81. The van der Waals surface area contributed by atoms with Crippen LogP contribution in [0.15, 0.2) is 60.7 Å². The first-order chi connectivity index (χ1) is 13.2. The minimum Gasteiger partial charge on any atom is -0.376 e. The molecule has 3 aromatic rings. The van der Waals surface area contributed by atoms with Gasteiger partial charge in [0.25, 0.3) is 11.8 Å². The van der Waals surface area contributed by atoms with Gasteiger partial charge in [0.15, 0.2) is 0 Å². The van der Waals surface area contributed by atoms with Crippen molar-refractivity contribution in [2.75, 3.05) is 13.2 Å². The fourth-order valence-electron chi connectivity index (χ4n) is 4.17. The second-order valence-corrected chi connectivity index (χ2v) is 7.12. The molecule has 2 heterocycles. The van der Waals surface area contributed by atoms with Crippen molar-refractivity contribution >= 4 is 22.6 Å². The summed E-state index contributed by atoms with van der Waals surface area (Å²) in [7, 11) is 0. The van der Waals surface area contributed by atoms with Crippen LogP contribution in [0.2, 0.25) is 0 Å². The van der Waals surface area contributed by atoms with Crippen LogP contribution in [0.1, 0.15) is 33.6 Å². The molecule has 2 aliphatic rings. The second kappa shape index (κ2) is 6.32. The molecule has 0 spiro atoms. The van der Waals surface area contributed by atoms with Gasteiger partial charge in [-0.3, -0.25) is 14.5 Å². The Kier molecular flexibility index (Phi) is 3.80. The van der Waals surface area contributed by atoms with Crippen LogP contribution in [-0.2, 0) is 4.74 Å². The topological polar surface area (TPSA) is 46.6 Å².